The summed E-state index contributed by atoms with van der Waals surface area (Å²) in [7, 11) is 0. The second-order valence-electron chi connectivity index (χ2n) is 11.2. The van der Waals surface area contributed by atoms with Crippen molar-refractivity contribution in [2.45, 2.75) is 63.1 Å². The number of aromatic nitrogens is 4. The van der Waals surface area contributed by atoms with Gasteiger partial charge in [-0.1, -0.05) is 0 Å². The first-order valence-electron chi connectivity index (χ1n) is 14.6. The van der Waals surface area contributed by atoms with Gasteiger partial charge < -0.3 is 15.5 Å². The lowest BCUT2D eigenvalue weighted by molar-refractivity contribution is 0.0921. The average Bonchev–Trinajstić information content (AvgIpc) is 3.29. The Kier molecular flexibility index (Phi) is 8.38. The van der Waals surface area contributed by atoms with Crippen LogP contribution in [0, 0.1) is 5.82 Å². The molecule has 218 valence electrons. The van der Waals surface area contributed by atoms with E-state index in [-0.39, 0.29) is 40.8 Å². The highest BCUT2D eigenvalue weighted by molar-refractivity contribution is 7.99. The van der Waals surface area contributed by atoms with E-state index >= 15 is 0 Å². The van der Waals surface area contributed by atoms with Crippen molar-refractivity contribution < 1.29 is 9.18 Å². The molecule has 3 aromatic heterocycles. The third-order valence-electron chi connectivity index (χ3n) is 8.55. The second-order valence-corrected chi connectivity index (χ2v) is 12.4. The SMILES string of the molecule is O=C(NC1CCC(n2c(=O)c3cc(F)cnc3n(C3CCSCC3)c2=O)CC1)c1ccc(N2CCCNCC2)nc1. The third kappa shape index (κ3) is 5.90. The maximum Gasteiger partial charge on any atom is 0.333 e. The second kappa shape index (κ2) is 12.3. The van der Waals surface area contributed by atoms with Crippen molar-refractivity contribution in [3.63, 3.8) is 0 Å². The summed E-state index contributed by atoms with van der Waals surface area (Å²) in [5.41, 5.74) is -0.0742. The zero-order chi connectivity index (χ0) is 28.3. The van der Waals surface area contributed by atoms with Gasteiger partial charge in [-0.3, -0.25) is 18.7 Å². The standard InChI is InChI=1S/C29H36FN7O3S/c30-20-16-24-26(33-18-20)36(23-8-14-41-15-9-23)29(40)37(28(24)39)22-5-3-21(4-6-22)34-27(38)19-2-7-25(32-17-19)35-12-1-10-31-11-13-35/h2,7,16-18,21-23,31H,1,3-6,8-15H2,(H,34,38). The van der Waals surface area contributed by atoms with Crippen LogP contribution in [-0.4, -0.2) is 68.7 Å². The van der Waals surface area contributed by atoms with E-state index in [4.69, 9.17) is 0 Å². The fraction of sp³-hybridized carbons (Fsp3) is 0.552. The van der Waals surface area contributed by atoms with Crippen LogP contribution >= 0.6 is 11.8 Å². The minimum atomic E-state index is -0.595. The number of halogens is 1. The van der Waals surface area contributed by atoms with Crippen LogP contribution < -0.4 is 26.8 Å². The molecule has 10 nitrogen and oxygen atoms in total. The van der Waals surface area contributed by atoms with Crippen molar-refractivity contribution in [1.29, 1.82) is 0 Å². The molecule has 0 unspecified atom stereocenters. The van der Waals surface area contributed by atoms with Crippen molar-refractivity contribution in [3.8, 4) is 0 Å². The lowest BCUT2D eigenvalue weighted by atomic mass is 9.90. The van der Waals surface area contributed by atoms with Crippen LogP contribution in [0.25, 0.3) is 11.0 Å². The van der Waals surface area contributed by atoms with E-state index in [1.54, 1.807) is 10.8 Å². The third-order valence-corrected chi connectivity index (χ3v) is 9.60. The van der Waals surface area contributed by atoms with Gasteiger partial charge in [-0.15, -0.1) is 0 Å². The molecule has 0 aromatic carbocycles. The number of thioether (sulfide) groups is 1. The number of fused-ring (bicyclic) bond motifs is 1. The lowest BCUT2D eigenvalue weighted by Crippen LogP contribution is -2.46. The summed E-state index contributed by atoms with van der Waals surface area (Å²) in [6, 6.07) is 4.46. The van der Waals surface area contributed by atoms with Crippen molar-refractivity contribution in [3.05, 3.63) is 62.8 Å². The molecule has 2 N–H and O–H groups in total. The van der Waals surface area contributed by atoms with Crippen molar-refractivity contribution in [1.82, 2.24) is 29.7 Å². The number of nitrogens with one attached hydrogen (secondary N) is 2. The summed E-state index contributed by atoms with van der Waals surface area (Å²) in [6.45, 7) is 3.74. The Morgan fingerprint density at radius 1 is 0.951 bits per heavy atom. The highest BCUT2D eigenvalue weighted by Crippen LogP contribution is 2.30. The normalized spacial score (nSPS) is 22.4. The molecule has 2 aliphatic heterocycles. The molecule has 1 aliphatic carbocycles. The summed E-state index contributed by atoms with van der Waals surface area (Å²) >= 11 is 1.85. The van der Waals surface area contributed by atoms with Crippen LogP contribution in [0.2, 0.25) is 0 Å². The van der Waals surface area contributed by atoms with Crippen LogP contribution in [0.1, 0.15) is 67.4 Å². The van der Waals surface area contributed by atoms with E-state index in [2.05, 4.69) is 25.5 Å². The molecular formula is C29H36FN7O3S. The van der Waals surface area contributed by atoms with E-state index in [0.717, 1.165) is 69.0 Å². The van der Waals surface area contributed by atoms with Gasteiger partial charge in [-0.2, -0.15) is 11.8 Å². The van der Waals surface area contributed by atoms with E-state index in [0.29, 0.717) is 31.2 Å². The van der Waals surface area contributed by atoms with Gasteiger partial charge >= 0.3 is 5.69 Å². The van der Waals surface area contributed by atoms with Crippen LogP contribution in [0.5, 0.6) is 0 Å². The topological polar surface area (TPSA) is 114 Å². The van der Waals surface area contributed by atoms with Gasteiger partial charge in [-0.25, -0.2) is 19.2 Å². The molecule has 0 radical (unpaired) electrons. The van der Waals surface area contributed by atoms with Crippen LogP contribution in [0.15, 0.2) is 40.2 Å². The van der Waals surface area contributed by atoms with Gasteiger partial charge in [0, 0.05) is 44.0 Å². The number of amides is 1. The zero-order valence-corrected chi connectivity index (χ0v) is 23.9. The molecule has 3 fully saturated rings. The number of pyridine rings is 2. The van der Waals surface area contributed by atoms with E-state index < -0.39 is 11.4 Å². The smallest absolute Gasteiger partial charge is 0.333 e. The lowest BCUT2D eigenvalue weighted by Gasteiger charge is -2.31. The molecule has 12 heteroatoms. The molecule has 5 heterocycles. The summed E-state index contributed by atoms with van der Waals surface area (Å²) < 4.78 is 17.1. The number of hydrogen-bond acceptors (Lipinski definition) is 8. The number of anilines is 1. The molecule has 2 saturated heterocycles. The minimum Gasteiger partial charge on any atom is -0.355 e. The van der Waals surface area contributed by atoms with Gasteiger partial charge in [0.2, 0.25) is 0 Å². The van der Waals surface area contributed by atoms with Gasteiger partial charge in [0.1, 0.15) is 17.3 Å². The molecule has 41 heavy (non-hydrogen) atoms. The minimum absolute atomic E-state index is 0.0667. The summed E-state index contributed by atoms with van der Waals surface area (Å²) in [5.74, 6) is 1.96. The summed E-state index contributed by atoms with van der Waals surface area (Å²) in [4.78, 5) is 51.2. The summed E-state index contributed by atoms with van der Waals surface area (Å²) in [5, 5.41) is 6.63. The molecule has 3 aromatic rings. The molecule has 0 atom stereocenters. The van der Waals surface area contributed by atoms with Crippen molar-refractivity contribution >= 4 is 34.5 Å². The van der Waals surface area contributed by atoms with Crippen LogP contribution in [-0.2, 0) is 0 Å². The highest BCUT2D eigenvalue weighted by atomic mass is 32.2. The summed E-state index contributed by atoms with van der Waals surface area (Å²) in [6.07, 6.45) is 7.76. The Morgan fingerprint density at radius 3 is 2.49 bits per heavy atom. The number of rotatable bonds is 5. The largest absolute Gasteiger partial charge is 0.355 e. The first-order chi connectivity index (χ1) is 20.0. The Bertz CT molecular complexity index is 1500. The predicted molar refractivity (Wildman–Crippen MR) is 159 cm³/mol. The van der Waals surface area contributed by atoms with Crippen molar-refractivity contribution in [2.75, 3.05) is 42.6 Å². The maximum atomic E-state index is 14.2. The molecule has 0 spiro atoms. The van der Waals surface area contributed by atoms with E-state index in [1.165, 1.54) is 10.6 Å². The van der Waals surface area contributed by atoms with Crippen molar-refractivity contribution in [2.24, 2.45) is 0 Å². The molecular weight excluding hydrogens is 545 g/mol. The monoisotopic (exact) mass is 581 g/mol. The Balaban J connectivity index is 1.16. The number of carbonyl (C=O) groups excluding carboxylic acids is 1. The van der Waals surface area contributed by atoms with Crippen LogP contribution in [0.3, 0.4) is 0 Å². The Labute approximate surface area is 241 Å². The Morgan fingerprint density at radius 2 is 1.73 bits per heavy atom. The quantitative estimate of drug-likeness (QED) is 0.473. The van der Waals surface area contributed by atoms with Gasteiger partial charge in [0.25, 0.3) is 11.5 Å². The van der Waals surface area contributed by atoms with Gasteiger partial charge in [0.05, 0.1) is 17.1 Å². The first-order valence-corrected chi connectivity index (χ1v) is 15.8. The van der Waals surface area contributed by atoms with E-state index in [9.17, 15) is 18.8 Å². The highest BCUT2D eigenvalue weighted by Gasteiger charge is 2.30. The molecule has 6 rings (SSSR count). The maximum absolute atomic E-state index is 14.2. The molecule has 1 amide bonds. The predicted octanol–water partition coefficient (Wildman–Crippen LogP) is 2.87. The number of hydrogen-bond donors (Lipinski definition) is 2. The first kappa shape index (κ1) is 27.9. The zero-order valence-electron chi connectivity index (χ0n) is 23.1. The Hall–Kier alpha value is -3.25. The number of carbonyl (C=O) groups is 1. The molecule has 3 aliphatic rings. The van der Waals surface area contributed by atoms with Crippen LogP contribution in [0.4, 0.5) is 10.2 Å². The number of nitrogens with zero attached hydrogens (tertiary/aromatic N) is 5. The van der Waals surface area contributed by atoms with Gasteiger partial charge in [-0.05, 0) is 81.2 Å². The van der Waals surface area contributed by atoms with E-state index in [1.807, 2.05) is 23.9 Å². The molecule has 0 bridgehead atoms. The fourth-order valence-electron chi connectivity index (χ4n) is 6.33. The molecule has 1 saturated carbocycles. The average molecular weight is 582 g/mol. The van der Waals surface area contributed by atoms with Gasteiger partial charge in [0.15, 0.2) is 0 Å². The fourth-order valence-corrected chi connectivity index (χ4v) is 7.41.